The lowest BCUT2D eigenvalue weighted by atomic mass is 9.96. The van der Waals surface area contributed by atoms with Crippen molar-refractivity contribution in [2.45, 2.75) is 25.8 Å². The van der Waals surface area contributed by atoms with Crippen LogP contribution in [0.3, 0.4) is 0 Å². The van der Waals surface area contributed by atoms with Gasteiger partial charge in [0.25, 0.3) is 0 Å². The Hall–Kier alpha value is -3.21. The van der Waals surface area contributed by atoms with Crippen LogP contribution in [0.5, 0.6) is 0 Å². The maximum absolute atomic E-state index is 8.99. The van der Waals surface area contributed by atoms with Crippen LogP contribution in [0.4, 0.5) is 17.2 Å². The Morgan fingerprint density at radius 3 is 2.80 bits per heavy atom. The quantitative estimate of drug-likeness (QED) is 0.255. The molecule has 1 saturated heterocycles. The van der Waals surface area contributed by atoms with E-state index in [9.17, 15) is 0 Å². The van der Waals surface area contributed by atoms with E-state index in [4.69, 9.17) is 16.6 Å². The summed E-state index contributed by atoms with van der Waals surface area (Å²) in [5, 5.41) is 16.5. The number of nitrogens with two attached hydrogens (primary N) is 2. The highest BCUT2D eigenvalue weighted by molar-refractivity contribution is 7.14. The van der Waals surface area contributed by atoms with E-state index in [1.165, 1.54) is 4.88 Å². The second-order valence-electron chi connectivity index (χ2n) is 8.79. The molecular weight excluding hydrogens is 460 g/mol. The number of aliphatic hydroxyl groups excluding tert-OH is 1. The van der Waals surface area contributed by atoms with Crippen molar-refractivity contribution in [1.82, 2.24) is 25.2 Å². The number of nitrogens with one attached hydrogen (secondary N) is 2. The molecule has 0 spiro atoms. The van der Waals surface area contributed by atoms with E-state index in [2.05, 4.69) is 37.1 Å². The summed E-state index contributed by atoms with van der Waals surface area (Å²) in [5.41, 5.74) is 15.3. The van der Waals surface area contributed by atoms with Crippen LogP contribution in [-0.4, -0.2) is 57.7 Å². The zero-order chi connectivity index (χ0) is 24.6. The van der Waals surface area contributed by atoms with Crippen molar-refractivity contribution in [3.05, 3.63) is 53.8 Å². The van der Waals surface area contributed by atoms with Gasteiger partial charge in [-0.15, -0.1) is 11.3 Å². The molecule has 0 amide bonds. The molecule has 3 aromatic heterocycles. The molecule has 4 heterocycles. The number of aromatic nitrogens is 3. The van der Waals surface area contributed by atoms with Crippen molar-refractivity contribution in [1.29, 1.82) is 0 Å². The Labute approximate surface area is 210 Å². The fraction of sp³-hybridized carbons (Fsp3) is 0.400. The van der Waals surface area contributed by atoms with E-state index >= 15 is 0 Å². The van der Waals surface area contributed by atoms with Crippen molar-refractivity contribution in [3.8, 4) is 10.7 Å². The van der Waals surface area contributed by atoms with Crippen molar-refractivity contribution >= 4 is 34.2 Å². The SMILES string of the molecule is C=C(NCC1CCN(Cc2cnc(-c3ccccn3)s2)CC1)c1cc(N)c(N)c(NCCCO)n1. The summed E-state index contributed by atoms with van der Waals surface area (Å²) >= 11 is 1.72. The average molecular weight is 495 g/mol. The molecule has 1 aliphatic rings. The number of aliphatic hydroxyl groups is 1. The Balaban J connectivity index is 1.24. The second-order valence-corrected chi connectivity index (χ2v) is 9.90. The van der Waals surface area contributed by atoms with E-state index in [1.54, 1.807) is 23.6 Å². The van der Waals surface area contributed by atoms with Crippen LogP contribution < -0.4 is 22.1 Å². The topological polar surface area (TPSA) is 138 Å². The Morgan fingerprint density at radius 1 is 1.23 bits per heavy atom. The van der Waals surface area contributed by atoms with E-state index in [1.807, 2.05) is 24.4 Å². The standard InChI is InChI=1S/C25H34N8OS/c1-17(22-13-20(26)23(27)24(32-22)29-9-4-12-34)30-14-18-6-10-33(11-7-18)16-19-15-31-25(35-19)21-5-2-3-8-28-21/h2-3,5,8,13,15,18,30,34H,1,4,6-7,9-12,14,16,27H2,(H3,26,29,32). The summed E-state index contributed by atoms with van der Waals surface area (Å²) < 4.78 is 0. The zero-order valence-corrected chi connectivity index (χ0v) is 20.7. The smallest absolute Gasteiger partial charge is 0.152 e. The number of anilines is 3. The molecule has 1 fully saturated rings. The summed E-state index contributed by atoms with van der Waals surface area (Å²) in [6.45, 7) is 8.72. The molecule has 9 nitrogen and oxygen atoms in total. The van der Waals surface area contributed by atoms with E-state index in [-0.39, 0.29) is 6.61 Å². The zero-order valence-electron chi connectivity index (χ0n) is 19.9. The van der Waals surface area contributed by atoms with Crippen molar-refractivity contribution < 1.29 is 5.11 Å². The number of hydrogen-bond donors (Lipinski definition) is 5. The predicted molar refractivity (Wildman–Crippen MR) is 144 cm³/mol. The largest absolute Gasteiger partial charge is 0.397 e. The number of nitrogens with zero attached hydrogens (tertiary/aromatic N) is 4. The lowest BCUT2D eigenvalue weighted by Gasteiger charge is -2.32. The Bertz CT molecular complexity index is 1110. The number of hydrogen-bond acceptors (Lipinski definition) is 10. The number of rotatable bonds is 11. The van der Waals surface area contributed by atoms with Gasteiger partial charge in [-0.3, -0.25) is 9.88 Å². The minimum Gasteiger partial charge on any atom is -0.397 e. The summed E-state index contributed by atoms with van der Waals surface area (Å²) in [6.07, 6.45) is 6.63. The van der Waals surface area contributed by atoms with Crippen LogP contribution in [0.25, 0.3) is 16.4 Å². The second kappa shape index (κ2) is 12.0. The van der Waals surface area contributed by atoms with Gasteiger partial charge in [0.05, 0.1) is 28.5 Å². The normalized spacial score (nSPS) is 14.7. The third-order valence-electron chi connectivity index (χ3n) is 6.16. The van der Waals surface area contributed by atoms with Crippen LogP contribution in [-0.2, 0) is 6.54 Å². The fourth-order valence-corrected chi connectivity index (χ4v) is 5.00. The first kappa shape index (κ1) is 24.9. The highest BCUT2D eigenvalue weighted by Crippen LogP contribution is 2.28. The molecule has 0 bridgehead atoms. The summed E-state index contributed by atoms with van der Waals surface area (Å²) in [5.74, 6) is 1.10. The van der Waals surface area contributed by atoms with Gasteiger partial charge in [-0.2, -0.15) is 0 Å². The summed E-state index contributed by atoms with van der Waals surface area (Å²) in [7, 11) is 0. The number of piperidine rings is 1. The summed E-state index contributed by atoms with van der Waals surface area (Å²) in [4.78, 5) is 17.3. The molecule has 4 rings (SSSR count). The van der Waals surface area contributed by atoms with Gasteiger partial charge in [-0.1, -0.05) is 12.6 Å². The van der Waals surface area contributed by atoms with Crippen molar-refractivity contribution in [3.63, 3.8) is 0 Å². The molecule has 0 aromatic carbocycles. The molecule has 0 atom stereocenters. The Kier molecular flexibility index (Phi) is 8.51. The molecule has 0 unspecified atom stereocenters. The Morgan fingerprint density at radius 2 is 2.06 bits per heavy atom. The highest BCUT2D eigenvalue weighted by atomic mass is 32.1. The third-order valence-corrected chi connectivity index (χ3v) is 7.16. The fourth-order valence-electron chi connectivity index (χ4n) is 4.07. The lowest BCUT2D eigenvalue weighted by molar-refractivity contribution is 0.179. The molecule has 186 valence electrons. The van der Waals surface area contributed by atoms with E-state index in [0.29, 0.717) is 41.8 Å². The molecule has 7 N–H and O–H groups in total. The first-order valence-electron chi connectivity index (χ1n) is 12.0. The van der Waals surface area contributed by atoms with Gasteiger partial charge in [0.1, 0.15) is 5.01 Å². The van der Waals surface area contributed by atoms with E-state index in [0.717, 1.165) is 55.4 Å². The minimum absolute atomic E-state index is 0.103. The van der Waals surface area contributed by atoms with Gasteiger partial charge >= 0.3 is 0 Å². The lowest BCUT2D eigenvalue weighted by Crippen LogP contribution is -2.36. The summed E-state index contributed by atoms with van der Waals surface area (Å²) in [6, 6.07) is 7.66. The molecule has 0 saturated carbocycles. The maximum Gasteiger partial charge on any atom is 0.152 e. The van der Waals surface area contributed by atoms with Crippen LogP contribution in [0.1, 0.15) is 29.8 Å². The highest BCUT2D eigenvalue weighted by Gasteiger charge is 2.20. The number of thiazole rings is 1. The van der Waals surface area contributed by atoms with Crippen LogP contribution in [0.15, 0.2) is 43.2 Å². The predicted octanol–water partition coefficient (Wildman–Crippen LogP) is 3.03. The van der Waals surface area contributed by atoms with Gasteiger partial charge in [-0.25, -0.2) is 9.97 Å². The van der Waals surface area contributed by atoms with Crippen molar-refractivity contribution in [2.75, 3.05) is 49.6 Å². The van der Waals surface area contributed by atoms with Gasteiger partial charge in [0.15, 0.2) is 5.82 Å². The van der Waals surface area contributed by atoms with Gasteiger partial charge in [-0.05, 0) is 56.5 Å². The molecule has 0 radical (unpaired) electrons. The molecule has 35 heavy (non-hydrogen) atoms. The molecule has 10 heteroatoms. The molecular formula is C25H34N8OS. The molecule has 1 aliphatic heterocycles. The maximum atomic E-state index is 8.99. The minimum atomic E-state index is 0.103. The number of nitrogen functional groups attached to an aromatic ring is 2. The molecule has 3 aromatic rings. The van der Waals surface area contributed by atoms with Gasteiger partial charge in [0.2, 0.25) is 0 Å². The molecule has 0 aliphatic carbocycles. The van der Waals surface area contributed by atoms with Crippen LogP contribution >= 0.6 is 11.3 Å². The van der Waals surface area contributed by atoms with Crippen LogP contribution in [0, 0.1) is 5.92 Å². The number of likely N-dealkylation sites (tertiary alicyclic amines) is 1. The van der Waals surface area contributed by atoms with Gasteiger partial charge < -0.3 is 27.2 Å². The van der Waals surface area contributed by atoms with Gasteiger partial charge in [0, 0.05) is 43.5 Å². The monoisotopic (exact) mass is 494 g/mol. The van der Waals surface area contributed by atoms with Crippen LogP contribution in [0.2, 0.25) is 0 Å². The average Bonchev–Trinajstić information content (AvgIpc) is 3.35. The first-order chi connectivity index (χ1) is 17.0. The first-order valence-corrected chi connectivity index (χ1v) is 12.8. The number of pyridine rings is 2. The van der Waals surface area contributed by atoms with E-state index < -0.39 is 0 Å². The van der Waals surface area contributed by atoms with Crippen molar-refractivity contribution in [2.24, 2.45) is 5.92 Å². The third kappa shape index (κ3) is 6.68.